The lowest BCUT2D eigenvalue weighted by molar-refractivity contribution is 0.670. The van der Waals surface area contributed by atoms with Crippen LogP contribution in [0.3, 0.4) is 0 Å². The van der Waals surface area contributed by atoms with Crippen molar-refractivity contribution in [2.24, 2.45) is 0 Å². The first-order valence-electron chi connectivity index (χ1n) is 18.6. The Morgan fingerprint density at radius 2 is 1.04 bits per heavy atom. The van der Waals surface area contributed by atoms with Gasteiger partial charge in [-0.1, -0.05) is 115 Å². The van der Waals surface area contributed by atoms with E-state index >= 15 is 0 Å². The monoisotopic (exact) mass is 694 g/mol. The highest BCUT2D eigenvalue weighted by molar-refractivity contribution is 6.12. The standard InChI is InChI=1S/C51H38N2O/c1-33-24-26-38(27-25-33)52(40-28-34(2)50(35(3)29-40)36-14-5-4-6-15-36)41-31-45(51-46(32-41)44-20-9-12-23-49(44)54-51)37-16-13-17-39(30-37)53-47-21-10-7-18-42(47)43-19-8-11-22-48(43)53/h4-32H,1-3H3. The van der Waals surface area contributed by atoms with E-state index in [1.807, 2.05) is 6.07 Å². The second kappa shape index (κ2) is 12.7. The van der Waals surface area contributed by atoms with Gasteiger partial charge in [-0.05, 0) is 115 Å². The van der Waals surface area contributed by atoms with Crippen LogP contribution < -0.4 is 4.90 Å². The number of aryl methyl sites for hydroxylation is 3. The van der Waals surface area contributed by atoms with E-state index in [9.17, 15) is 0 Å². The molecule has 2 aromatic heterocycles. The zero-order valence-corrected chi connectivity index (χ0v) is 30.5. The molecule has 0 aliphatic heterocycles. The van der Waals surface area contributed by atoms with Gasteiger partial charge in [0, 0.05) is 49.9 Å². The molecule has 0 spiro atoms. The first kappa shape index (κ1) is 31.9. The largest absolute Gasteiger partial charge is 0.455 e. The summed E-state index contributed by atoms with van der Waals surface area (Å²) >= 11 is 0. The number of benzene rings is 8. The van der Waals surface area contributed by atoms with Gasteiger partial charge in [0.25, 0.3) is 0 Å². The Bertz CT molecular complexity index is 2940. The molecule has 0 unspecified atom stereocenters. The Kier molecular flexibility index (Phi) is 7.48. The number of furan rings is 1. The molecule has 0 atom stereocenters. The topological polar surface area (TPSA) is 21.3 Å². The summed E-state index contributed by atoms with van der Waals surface area (Å²) in [6.45, 7) is 6.60. The molecule has 10 aromatic rings. The fraction of sp³-hybridized carbons (Fsp3) is 0.0588. The van der Waals surface area contributed by atoms with Crippen LogP contribution in [-0.2, 0) is 0 Å². The summed E-state index contributed by atoms with van der Waals surface area (Å²) in [6.07, 6.45) is 0. The number of para-hydroxylation sites is 3. The number of nitrogens with zero attached hydrogens (tertiary/aromatic N) is 2. The van der Waals surface area contributed by atoms with E-state index in [0.717, 1.165) is 55.8 Å². The molecule has 3 nitrogen and oxygen atoms in total. The Balaban J connectivity index is 1.22. The molecule has 0 amide bonds. The van der Waals surface area contributed by atoms with Gasteiger partial charge >= 0.3 is 0 Å². The van der Waals surface area contributed by atoms with Crippen molar-refractivity contribution < 1.29 is 4.42 Å². The van der Waals surface area contributed by atoms with Crippen LogP contribution in [0.15, 0.2) is 180 Å². The third kappa shape index (κ3) is 5.20. The van der Waals surface area contributed by atoms with Crippen molar-refractivity contribution in [3.05, 3.63) is 193 Å². The number of hydrogen-bond donors (Lipinski definition) is 0. The van der Waals surface area contributed by atoms with Crippen LogP contribution >= 0.6 is 0 Å². The lowest BCUT2D eigenvalue weighted by atomic mass is 9.94. The Morgan fingerprint density at radius 1 is 0.444 bits per heavy atom. The highest BCUT2D eigenvalue weighted by atomic mass is 16.3. The maximum absolute atomic E-state index is 6.75. The predicted octanol–water partition coefficient (Wildman–Crippen LogP) is 14.4. The SMILES string of the molecule is Cc1ccc(N(c2cc(C)c(-c3ccccc3)c(C)c2)c2cc(-c3cccc(-n4c5ccccc5c5ccccc54)c3)c3oc4ccccc4c3c2)cc1. The number of anilines is 3. The normalized spacial score (nSPS) is 11.6. The van der Waals surface area contributed by atoms with Crippen LogP contribution in [-0.4, -0.2) is 4.57 Å². The highest BCUT2D eigenvalue weighted by Gasteiger charge is 2.22. The van der Waals surface area contributed by atoms with E-state index in [1.165, 1.54) is 49.6 Å². The molecular formula is C51H38N2O. The minimum atomic E-state index is 0.880. The first-order chi connectivity index (χ1) is 26.5. The molecule has 0 aliphatic rings. The molecule has 0 saturated carbocycles. The fourth-order valence-electron chi connectivity index (χ4n) is 8.44. The van der Waals surface area contributed by atoms with Crippen molar-refractivity contribution in [3.63, 3.8) is 0 Å². The maximum Gasteiger partial charge on any atom is 0.143 e. The fourth-order valence-corrected chi connectivity index (χ4v) is 8.44. The summed E-state index contributed by atoms with van der Waals surface area (Å²) in [6, 6.07) is 63.5. The second-order valence-corrected chi connectivity index (χ2v) is 14.4. The van der Waals surface area contributed by atoms with Crippen molar-refractivity contribution in [2.75, 3.05) is 4.90 Å². The summed E-state index contributed by atoms with van der Waals surface area (Å²) in [7, 11) is 0. The zero-order chi connectivity index (χ0) is 36.3. The van der Waals surface area contributed by atoms with Crippen LogP contribution in [0, 0.1) is 20.8 Å². The van der Waals surface area contributed by atoms with Crippen molar-refractivity contribution in [3.8, 4) is 27.9 Å². The Labute approximate surface area is 315 Å². The lowest BCUT2D eigenvalue weighted by Crippen LogP contribution is -2.11. The van der Waals surface area contributed by atoms with E-state index in [-0.39, 0.29) is 0 Å². The Hall–Kier alpha value is -6.84. The molecule has 10 rings (SSSR count). The maximum atomic E-state index is 6.75. The van der Waals surface area contributed by atoms with Crippen molar-refractivity contribution in [1.29, 1.82) is 0 Å². The van der Waals surface area contributed by atoms with Crippen LogP contribution in [0.5, 0.6) is 0 Å². The molecule has 0 bridgehead atoms. The molecular weight excluding hydrogens is 657 g/mol. The van der Waals surface area contributed by atoms with Crippen molar-refractivity contribution in [1.82, 2.24) is 4.57 Å². The Morgan fingerprint density at radius 3 is 1.74 bits per heavy atom. The first-order valence-corrected chi connectivity index (χ1v) is 18.6. The molecule has 0 aliphatic carbocycles. The van der Waals surface area contributed by atoms with E-state index in [2.05, 4.69) is 200 Å². The molecule has 0 saturated heterocycles. The average Bonchev–Trinajstić information content (AvgIpc) is 3.75. The van der Waals surface area contributed by atoms with Gasteiger partial charge in [0.1, 0.15) is 11.2 Å². The smallest absolute Gasteiger partial charge is 0.143 e. The quantitative estimate of drug-likeness (QED) is 0.173. The van der Waals surface area contributed by atoms with E-state index in [1.54, 1.807) is 0 Å². The van der Waals surface area contributed by atoms with Crippen LogP contribution in [0.2, 0.25) is 0 Å². The third-order valence-electron chi connectivity index (χ3n) is 10.8. The van der Waals surface area contributed by atoms with Gasteiger partial charge in [0.05, 0.1) is 11.0 Å². The van der Waals surface area contributed by atoms with Crippen LogP contribution in [0.25, 0.3) is 71.7 Å². The molecule has 0 N–H and O–H groups in total. The molecule has 0 fully saturated rings. The summed E-state index contributed by atoms with van der Waals surface area (Å²) in [4.78, 5) is 2.40. The number of aromatic nitrogens is 1. The van der Waals surface area contributed by atoms with Gasteiger partial charge in [0.2, 0.25) is 0 Å². The number of fused-ring (bicyclic) bond motifs is 6. The van der Waals surface area contributed by atoms with Gasteiger partial charge in [0.15, 0.2) is 0 Å². The minimum Gasteiger partial charge on any atom is -0.455 e. The molecule has 54 heavy (non-hydrogen) atoms. The minimum absolute atomic E-state index is 0.880. The summed E-state index contributed by atoms with van der Waals surface area (Å²) in [5, 5.41) is 4.69. The summed E-state index contributed by atoms with van der Waals surface area (Å²) < 4.78 is 9.13. The third-order valence-corrected chi connectivity index (χ3v) is 10.8. The average molecular weight is 695 g/mol. The van der Waals surface area contributed by atoms with Crippen molar-refractivity contribution in [2.45, 2.75) is 20.8 Å². The molecule has 3 heteroatoms. The molecule has 0 radical (unpaired) electrons. The van der Waals surface area contributed by atoms with Crippen LogP contribution in [0.1, 0.15) is 16.7 Å². The van der Waals surface area contributed by atoms with Crippen molar-refractivity contribution >= 4 is 60.8 Å². The van der Waals surface area contributed by atoms with Gasteiger partial charge in [-0.2, -0.15) is 0 Å². The van der Waals surface area contributed by atoms with Gasteiger partial charge in [-0.3, -0.25) is 0 Å². The summed E-state index contributed by atoms with van der Waals surface area (Å²) in [5.41, 5.74) is 16.9. The zero-order valence-electron chi connectivity index (χ0n) is 30.5. The van der Waals surface area contributed by atoms with Gasteiger partial charge < -0.3 is 13.9 Å². The summed E-state index contributed by atoms with van der Waals surface area (Å²) in [5.74, 6) is 0. The van der Waals surface area contributed by atoms with Gasteiger partial charge in [-0.25, -0.2) is 0 Å². The number of rotatable bonds is 6. The highest BCUT2D eigenvalue weighted by Crippen LogP contribution is 2.45. The van der Waals surface area contributed by atoms with E-state index < -0.39 is 0 Å². The lowest BCUT2D eigenvalue weighted by Gasteiger charge is -2.28. The van der Waals surface area contributed by atoms with E-state index in [4.69, 9.17) is 4.42 Å². The molecule has 258 valence electrons. The molecule has 8 aromatic carbocycles. The number of hydrogen-bond acceptors (Lipinski definition) is 2. The molecule has 2 heterocycles. The van der Waals surface area contributed by atoms with Gasteiger partial charge in [-0.15, -0.1) is 0 Å². The van der Waals surface area contributed by atoms with Crippen LogP contribution in [0.4, 0.5) is 17.1 Å². The predicted molar refractivity (Wildman–Crippen MR) is 228 cm³/mol. The van der Waals surface area contributed by atoms with E-state index in [0.29, 0.717) is 0 Å². The second-order valence-electron chi connectivity index (χ2n) is 14.4.